The Labute approximate surface area is 213 Å². The van der Waals surface area contributed by atoms with Crippen LogP contribution in [0, 0.1) is 0 Å². The quantitative estimate of drug-likeness (QED) is 0.289. The average molecular weight is 486 g/mol. The van der Waals surface area contributed by atoms with Crippen LogP contribution in [0.3, 0.4) is 0 Å². The van der Waals surface area contributed by atoms with Gasteiger partial charge in [-0.3, -0.25) is 4.79 Å². The molecule has 0 bridgehead atoms. The molecule has 0 unspecified atom stereocenters. The minimum atomic E-state index is -0.105. The van der Waals surface area contributed by atoms with Crippen LogP contribution in [0.1, 0.15) is 48.9 Å². The molecule has 1 aromatic heterocycles. The van der Waals surface area contributed by atoms with Crippen LogP contribution in [0.5, 0.6) is 11.5 Å². The number of hydrogen-bond donors (Lipinski definition) is 1. The van der Waals surface area contributed by atoms with Crippen molar-refractivity contribution in [2.45, 2.75) is 45.6 Å². The molecule has 0 aliphatic carbocycles. The number of methoxy groups -OCH3 is 1. The van der Waals surface area contributed by atoms with Crippen LogP contribution in [0.15, 0.2) is 72.8 Å². The van der Waals surface area contributed by atoms with Crippen molar-refractivity contribution >= 4 is 16.9 Å². The van der Waals surface area contributed by atoms with Crippen molar-refractivity contribution in [2.24, 2.45) is 0 Å². The fraction of sp³-hybridized carbons (Fsp3) is 0.333. The van der Waals surface area contributed by atoms with Gasteiger partial charge in [0.05, 0.1) is 24.8 Å². The number of para-hydroxylation sites is 2. The summed E-state index contributed by atoms with van der Waals surface area (Å²) in [6.45, 7) is 8.55. The second-order valence-electron chi connectivity index (χ2n) is 9.88. The molecule has 6 heteroatoms. The number of nitrogens with zero attached hydrogens (tertiary/aromatic N) is 2. The molecule has 0 aliphatic rings. The monoisotopic (exact) mass is 485 g/mol. The molecular weight excluding hydrogens is 450 g/mol. The van der Waals surface area contributed by atoms with Gasteiger partial charge in [-0.05, 0) is 65.9 Å². The standard InChI is InChI=1S/C30H35N3O3/c1-30(2,3)23-12-16-25(17-13-23)36-21-7-20-33-27-9-6-5-8-26(27)32-28(33)18-19-31-29(34)22-10-14-24(35-4)15-11-22/h5-6,8-17H,7,18-21H2,1-4H3,(H,31,34). The lowest BCUT2D eigenvalue weighted by molar-refractivity contribution is 0.0954. The lowest BCUT2D eigenvalue weighted by atomic mass is 9.87. The van der Waals surface area contributed by atoms with E-state index in [2.05, 4.69) is 48.9 Å². The zero-order valence-corrected chi connectivity index (χ0v) is 21.6. The van der Waals surface area contributed by atoms with Crippen LogP contribution in [0.2, 0.25) is 0 Å². The number of amides is 1. The predicted molar refractivity (Wildman–Crippen MR) is 144 cm³/mol. The summed E-state index contributed by atoms with van der Waals surface area (Å²) in [4.78, 5) is 17.3. The molecule has 0 spiro atoms. The minimum Gasteiger partial charge on any atom is -0.497 e. The van der Waals surface area contributed by atoms with Gasteiger partial charge in [-0.25, -0.2) is 4.98 Å². The van der Waals surface area contributed by atoms with Gasteiger partial charge in [-0.1, -0.05) is 45.0 Å². The van der Waals surface area contributed by atoms with Gasteiger partial charge in [0, 0.05) is 25.1 Å². The fourth-order valence-corrected chi connectivity index (χ4v) is 4.16. The first-order chi connectivity index (χ1) is 17.3. The summed E-state index contributed by atoms with van der Waals surface area (Å²) in [5.41, 5.74) is 4.10. The van der Waals surface area contributed by atoms with Gasteiger partial charge in [0.2, 0.25) is 0 Å². The number of aryl methyl sites for hydroxylation is 1. The first-order valence-electron chi connectivity index (χ1n) is 12.4. The molecule has 6 nitrogen and oxygen atoms in total. The highest BCUT2D eigenvalue weighted by molar-refractivity contribution is 5.94. The van der Waals surface area contributed by atoms with E-state index in [9.17, 15) is 4.79 Å². The van der Waals surface area contributed by atoms with Crippen molar-refractivity contribution in [3.8, 4) is 11.5 Å². The number of imidazole rings is 1. The average Bonchev–Trinajstić information content (AvgIpc) is 3.23. The van der Waals surface area contributed by atoms with Crippen LogP contribution in [0.4, 0.5) is 0 Å². The van der Waals surface area contributed by atoms with Gasteiger partial charge in [0.25, 0.3) is 5.91 Å². The lowest BCUT2D eigenvalue weighted by Crippen LogP contribution is -2.26. The highest BCUT2D eigenvalue weighted by atomic mass is 16.5. The summed E-state index contributed by atoms with van der Waals surface area (Å²) in [6.07, 6.45) is 1.50. The maximum Gasteiger partial charge on any atom is 0.251 e. The largest absolute Gasteiger partial charge is 0.497 e. The van der Waals surface area contributed by atoms with E-state index in [1.54, 1.807) is 31.4 Å². The molecule has 1 heterocycles. The highest BCUT2D eigenvalue weighted by Gasteiger charge is 2.14. The Morgan fingerprint density at radius 3 is 2.33 bits per heavy atom. The van der Waals surface area contributed by atoms with Gasteiger partial charge in [0.15, 0.2) is 0 Å². The third-order valence-electron chi connectivity index (χ3n) is 6.24. The smallest absolute Gasteiger partial charge is 0.251 e. The van der Waals surface area contributed by atoms with Gasteiger partial charge >= 0.3 is 0 Å². The van der Waals surface area contributed by atoms with Crippen molar-refractivity contribution < 1.29 is 14.3 Å². The van der Waals surface area contributed by atoms with Gasteiger partial charge in [-0.15, -0.1) is 0 Å². The number of hydrogen-bond acceptors (Lipinski definition) is 4. The number of carbonyl (C=O) groups is 1. The van der Waals surface area contributed by atoms with E-state index >= 15 is 0 Å². The van der Waals surface area contributed by atoms with Crippen LogP contribution in [-0.2, 0) is 18.4 Å². The van der Waals surface area contributed by atoms with Crippen molar-refractivity contribution in [2.75, 3.05) is 20.3 Å². The first-order valence-corrected chi connectivity index (χ1v) is 12.4. The van der Waals surface area contributed by atoms with Crippen molar-refractivity contribution in [1.82, 2.24) is 14.9 Å². The van der Waals surface area contributed by atoms with E-state index in [0.717, 1.165) is 41.3 Å². The Hall–Kier alpha value is -3.80. The summed E-state index contributed by atoms with van der Waals surface area (Å²) >= 11 is 0. The van der Waals surface area contributed by atoms with E-state index in [-0.39, 0.29) is 11.3 Å². The van der Waals surface area contributed by atoms with E-state index in [1.165, 1.54) is 5.56 Å². The lowest BCUT2D eigenvalue weighted by Gasteiger charge is -2.19. The molecule has 3 aromatic carbocycles. The molecule has 0 fully saturated rings. The second kappa shape index (κ2) is 11.3. The van der Waals surface area contributed by atoms with Crippen molar-refractivity contribution in [3.63, 3.8) is 0 Å². The highest BCUT2D eigenvalue weighted by Crippen LogP contribution is 2.24. The van der Waals surface area contributed by atoms with E-state index in [4.69, 9.17) is 14.5 Å². The Balaban J connectivity index is 1.34. The SMILES string of the molecule is COc1ccc(C(=O)NCCc2nc3ccccc3n2CCCOc2ccc(C(C)(C)C)cc2)cc1. The zero-order valence-electron chi connectivity index (χ0n) is 21.6. The number of nitrogens with one attached hydrogen (secondary N) is 1. The Kier molecular flexibility index (Phi) is 7.93. The number of ether oxygens (including phenoxy) is 2. The van der Waals surface area contributed by atoms with Gasteiger partial charge in [-0.2, -0.15) is 0 Å². The summed E-state index contributed by atoms with van der Waals surface area (Å²) in [5.74, 6) is 2.47. The molecule has 0 saturated carbocycles. The van der Waals surface area contributed by atoms with Gasteiger partial charge < -0.3 is 19.4 Å². The second-order valence-corrected chi connectivity index (χ2v) is 9.88. The normalized spacial score (nSPS) is 11.4. The number of benzene rings is 3. The third-order valence-corrected chi connectivity index (χ3v) is 6.24. The molecule has 0 radical (unpaired) electrons. The summed E-state index contributed by atoms with van der Waals surface area (Å²) in [6, 6.07) is 23.6. The van der Waals surface area contributed by atoms with Crippen molar-refractivity contribution in [1.29, 1.82) is 0 Å². The maximum absolute atomic E-state index is 12.5. The molecule has 1 amide bonds. The number of fused-ring (bicyclic) bond motifs is 1. The predicted octanol–water partition coefficient (Wildman–Crippen LogP) is 5.78. The molecule has 188 valence electrons. The van der Waals surface area contributed by atoms with Crippen LogP contribution < -0.4 is 14.8 Å². The fourth-order valence-electron chi connectivity index (χ4n) is 4.16. The third kappa shape index (κ3) is 6.25. The first kappa shape index (κ1) is 25.3. The molecule has 1 N–H and O–H groups in total. The molecular formula is C30H35N3O3. The topological polar surface area (TPSA) is 65.4 Å². The number of aromatic nitrogens is 2. The van der Waals surface area contributed by atoms with Crippen molar-refractivity contribution in [3.05, 3.63) is 89.7 Å². The Bertz CT molecular complexity index is 1290. The Morgan fingerprint density at radius 1 is 0.944 bits per heavy atom. The van der Waals surface area contributed by atoms with E-state index in [1.807, 2.05) is 30.3 Å². The maximum atomic E-state index is 12.5. The molecule has 0 atom stereocenters. The zero-order chi connectivity index (χ0) is 25.5. The molecule has 36 heavy (non-hydrogen) atoms. The van der Waals surface area contributed by atoms with Gasteiger partial charge in [0.1, 0.15) is 17.3 Å². The number of carbonyl (C=O) groups excluding carboxylic acids is 1. The summed E-state index contributed by atoms with van der Waals surface area (Å²) < 4.78 is 13.4. The minimum absolute atomic E-state index is 0.105. The van der Waals surface area contributed by atoms with Crippen LogP contribution >= 0.6 is 0 Å². The molecule has 4 aromatic rings. The van der Waals surface area contributed by atoms with Crippen LogP contribution in [-0.4, -0.2) is 35.7 Å². The molecule has 0 saturated heterocycles. The summed E-state index contributed by atoms with van der Waals surface area (Å²) in [7, 11) is 1.61. The molecule has 0 aliphatic heterocycles. The van der Waals surface area contributed by atoms with E-state index in [0.29, 0.717) is 25.1 Å². The summed E-state index contributed by atoms with van der Waals surface area (Å²) in [5, 5.41) is 3.00. The number of rotatable bonds is 10. The van der Waals surface area contributed by atoms with E-state index < -0.39 is 0 Å². The van der Waals surface area contributed by atoms with Crippen LogP contribution in [0.25, 0.3) is 11.0 Å². The molecule has 4 rings (SSSR count). The Morgan fingerprint density at radius 2 is 1.64 bits per heavy atom.